The molecular formula is C21H24N2O3. The second-order valence-electron chi connectivity index (χ2n) is 7.49. The number of likely N-dealkylation sites (tertiary alicyclic amines) is 1. The molecule has 1 saturated heterocycles. The zero-order valence-corrected chi connectivity index (χ0v) is 15.2. The number of rotatable bonds is 4. The zero-order valence-electron chi connectivity index (χ0n) is 15.2. The van der Waals surface area contributed by atoms with E-state index in [1.54, 1.807) is 6.92 Å². The molecule has 0 unspecified atom stereocenters. The Balaban J connectivity index is 1.44. The van der Waals surface area contributed by atoms with Gasteiger partial charge >= 0.3 is 0 Å². The quantitative estimate of drug-likeness (QED) is 0.919. The molecule has 2 amide bonds. The molecule has 1 aliphatic heterocycles. The van der Waals surface area contributed by atoms with Gasteiger partial charge in [-0.1, -0.05) is 12.1 Å². The number of nitrogens with zero attached hydrogens (tertiary/aromatic N) is 1. The summed E-state index contributed by atoms with van der Waals surface area (Å²) in [6, 6.07) is 11.4. The molecule has 1 aromatic carbocycles. The number of aryl methyl sites for hydroxylation is 1. The van der Waals surface area contributed by atoms with E-state index in [2.05, 4.69) is 5.32 Å². The van der Waals surface area contributed by atoms with Gasteiger partial charge in [-0.3, -0.25) is 9.59 Å². The second-order valence-corrected chi connectivity index (χ2v) is 7.49. The predicted octanol–water partition coefficient (Wildman–Crippen LogP) is 3.24. The first-order valence-corrected chi connectivity index (χ1v) is 9.24. The first kappa shape index (κ1) is 16.9. The van der Waals surface area contributed by atoms with Gasteiger partial charge in [-0.25, -0.2) is 0 Å². The molecule has 2 atom stereocenters. The molecule has 0 bridgehead atoms. The van der Waals surface area contributed by atoms with E-state index in [0.717, 1.165) is 23.6 Å². The number of benzene rings is 1. The highest BCUT2D eigenvalue weighted by Gasteiger charge is 2.43. The van der Waals surface area contributed by atoms with Gasteiger partial charge < -0.3 is 14.6 Å². The number of carbonyl (C=O) groups is 2. The first-order valence-electron chi connectivity index (χ1n) is 9.24. The molecule has 26 heavy (non-hydrogen) atoms. The van der Waals surface area contributed by atoms with E-state index >= 15 is 0 Å². The highest BCUT2D eigenvalue weighted by Crippen LogP contribution is 2.41. The lowest BCUT2D eigenvalue weighted by Gasteiger charge is -2.19. The van der Waals surface area contributed by atoms with Crippen LogP contribution in [-0.4, -0.2) is 35.8 Å². The third-order valence-corrected chi connectivity index (χ3v) is 5.53. The molecule has 1 N–H and O–H groups in total. The summed E-state index contributed by atoms with van der Waals surface area (Å²) in [6.07, 6.45) is 2.42. The Bertz CT molecular complexity index is 820. The van der Waals surface area contributed by atoms with Crippen LogP contribution in [0.4, 0.5) is 0 Å². The number of nitrogens with one attached hydrogen (secondary N) is 1. The van der Waals surface area contributed by atoms with Gasteiger partial charge in [0.25, 0.3) is 5.91 Å². The average Bonchev–Trinajstić information content (AvgIpc) is 3.24. The van der Waals surface area contributed by atoms with Crippen molar-refractivity contribution < 1.29 is 14.0 Å². The van der Waals surface area contributed by atoms with Gasteiger partial charge in [0.1, 0.15) is 11.5 Å². The fraction of sp³-hybridized carbons (Fsp3) is 0.429. The molecule has 1 aromatic heterocycles. The third kappa shape index (κ3) is 3.39. The Kier molecular flexibility index (Phi) is 4.31. The van der Waals surface area contributed by atoms with E-state index in [1.807, 2.05) is 48.2 Å². The van der Waals surface area contributed by atoms with Crippen molar-refractivity contribution in [2.45, 2.75) is 32.7 Å². The van der Waals surface area contributed by atoms with Gasteiger partial charge in [0.15, 0.2) is 0 Å². The lowest BCUT2D eigenvalue weighted by Crippen LogP contribution is -2.41. The Morgan fingerprint density at radius 1 is 1.08 bits per heavy atom. The van der Waals surface area contributed by atoms with Gasteiger partial charge in [-0.05, 0) is 49.9 Å². The molecule has 1 saturated carbocycles. The lowest BCUT2D eigenvalue weighted by molar-refractivity contribution is -0.128. The standard InChI is InChI=1S/C21H24N2O3/c1-13-3-10-20(26-13)16-6-8-17(9-7-16)21(25)22-19-12-23(14(2)24)11-18(19)15-4-5-15/h3,6-10,15,18-19H,4-5,11-12H2,1-2H3,(H,22,25)/t18-,19+/m1/s1. The van der Waals surface area contributed by atoms with Crippen LogP contribution in [-0.2, 0) is 4.79 Å². The maximum atomic E-state index is 12.7. The van der Waals surface area contributed by atoms with Crippen LogP contribution in [0, 0.1) is 18.8 Å². The van der Waals surface area contributed by atoms with Crippen LogP contribution < -0.4 is 5.32 Å². The summed E-state index contributed by atoms with van der Waals surface area (Å²) >= 11 is 0. The minimum Gasteiger partial charge on any atom is -0.461 e. The molecule has 2 aromatic rings. The highest BCUT2D eigenvalue weighted by atomic mass is 16.3. The largest absolute Gasteiger partial charge is 0.461 e. The lowest BCUT2D eigenvalue weighted by atomic mass is 9.97. The fourth-order valence-electron chi connectivity index (χ4n) is 3.87. The van der Waals surface area contributed by atoms with Crippen LogP contribution in [0.15, 0.2) is 40.8 Å². The Morgan fingerprint density at radius 2 is 1.81 bits per heavy atom. The molecule has 2 heterocycles. The van der Waals surface area contributed by atoms with E-state index in [1.165, 1.54) is 12.8 Å². The number of amides is 2. The number of hydrogen-bond acceptors (Lipinski definition) is 3. The van der Waals surface area contributed by atoms with Crippen molar-refractivity contribution >= 4 is 11.8 Å². The number of hydrogen-bond donors (Lipinski definition) is 1. The van der Waals surface area contributed by atoms with Crippen molar-refractivity contribution in [3.05, 3.63) is 47.7 Å². The minimum atomic E-state index is -0.0757. The molecule has 5 heteroatoms. The van der Waals surface area contributed by atoms with Crippen LogP contribution in [0.2, 0.25) is 0 Å². The number of furan rings is 1. The van der Waals surface area contributed by atoms with Crippen LogP contribution >= 0.6 is 0 Å². The van der Waals surface area contributed by atoms with E-state index in [0.29, 0.717) is 23.9 Å². The van der Waals surface area contributed by atoms with Gasteiger partial charge in [0, 0.05) is 37.1 Å². The van der Waals surface area contributed by atoms with Crippen molar-refractivity contribution in [1.29, 1.82) is 0 Å². The summed E-state index contributed by atoms with van der Waals surface area (Å²) < 4.78 is 5.62. The molecule has 0 radical (unpaired) electrons. The SMILES string of the molecule is CC(=O)N1C[C@H](NC(=O)c2ccc(-c3ccc(C)o3)cc2)[C@@H](C2CC2)C1. The fourth-order valence-corrected chi connectivity index (χ4v) is 3.87. The summed E-state index contributed by atoms with van der Waals surface area (Å²) in [6.45, 7) is 4.89. The Labute approximate surface area is 153 Å². The van der Waals surface area contributed by atoms with Crippen molar-refractivity contribution in [3.63, 3.8) is 0 Å². The summed E-state index contributed by atoms with van der Waals surface area (Å²) in [7, 11) is 0. The molecule has 136 valence electrons. The van der Waals surface area contributed by atoms with Gasteiger partial charge in [-0.15, -0.1) is 0 Å². The number of carbonyl (C=O) groups excluding carboxylic acids is 2. The van der Waals surface area contributed by atoms with Gasteiger partial charge in [0.05, 0.1) is 6.04 Å². The normalized spacial score (nSPS) is 22.5. The van der Waals surface area contributed by atoms with E-state index in [-0.39, 0.29) is 17.9 Å². The average molecular weight is 352 g/mol. The predicted molar refractivity (Wildman–Crippen MR) is 98.6 cm³/mol. The molecule has 2 fully saturated rings. The van der Waals surface area contributed by atoms with E-state index < -0.39 is 0 Å². The van der Waals surface area contributed by atoms with Crippen molar-refractivity contribution in [1.82, 2.24) is 10.2 Å². The smallest absolute Gasteiger partial charge is 0.251 e. The molecule has 1 aliphatic carbocycles. The van der Waals surface area contributed by atoms with Crippen molar-refractivity contribution in [2.75, 3.05) is 13.1 Å². The van der Waals surface area contributed by atoms with Crippen LogP contribution in [0.25, 0.3) is 11.3 Å². The molecule has 0 spiro atoms. The second kappa shape index (κ2) is 6.63. The molecule has 2 aliphatic rings. The topological polar surface area (TPSA) is 62.6 Å². The monoisotopic (exact) mass is 352 g/mol. The summed E-state index contributed by atoms with van der Waals surface area (Å²) in [5, 5.41) is 3.16. The highest BCUT2D eigenvalue weighted by molar-refractivity contribution is 5.95. The molecule has 4 rings (SSSR count). The first-order chi connectivity index (χ1) is 12.5. The Hall–Kier alpha value is -2.56. The van der Waals surface area contributed by atoms with Gasteiger partial charge in [-0.2, -0.15) is 0 Å². The third-order valence-electron chi connectivity index (χ3n) is 5.53. The maximum Gasteiger partial charge on any atom is 0.251 e. The van der Waals surface area contributed by atoms with Crippen LogP contribution in [0.1, 0.15) is 35.9 Å². The molecule has 5 nitrogen and oxygen atoms in total. The summed E-state index contributed by atoms with van der Waals surface area (Å²) in [5.74, 6) is 2.71. The summed E-state index contributed by atoms with van der Waals surface area (Å²) in [5.41, 5.74) is 1.59. The minimum absolute atomic E-state index is 0.0475. The maximum absolute atomic E-state index is 12.7. The molecular weight excluding hydrogens is 328 g/mol. The van der Waals surface area contributed by atoms with Crippen molar-refractivity contribution in [3.8, 4) is 11.3 Å². The van der Waals surface area contributed by atoms with E-state index in [9.17, 15) is 9.59 Å². The zero-order chi connectivity index (χ0) is 18.3. The van der Waals surface area contributed by atoms with E-state index in [4.69, 9.17) is 4.42 Å². The van der Waals surface area contributed by atoms with Crippen molar-refractivity contribution in [2.24, 2.45) is 11.8 Å². The van der Waals surface area contributed by atoms with Crippen LogP contribution in [0.5, 0.6) is 0 Å². The Morgan fingerprint density at radius 3 is 2.38 bits per heavy atom. The van der Waals surface area contributed by atoms with Crippen LogP contribution in [0.3, 0.4) is 0 Å². The van der Waals surface area contributed by atoms with Gasteiger partial charge in [0.2, 0.25) is 5.91 Å². The summed E-state index contributed by atoms with van der Waals surface area (Å²) in [4.78, 5) is 26.3.